The van der Waals surface area contributed by atoms with Crippen LogP contribution in [-0.2, 0) is 10.2 Å². The Bertz CT molecular complexity index is 920. The maximum absolute atomic E-state index is 13.1. The van der Waals surface area contributed by atoms with Gasteiger partial charge in [0.15, 0.2) is 0 Å². The Balaban J connectivity index is 1.30. The predicted octanol–water partition coefficient (Wildman–Crippen LogP) is 2.67. The summed E-state index contributed by atoms with van der Waals surface area (Å²) in [5.41, 5.74) is 0.381. The molecule has 0 aliphatic heterocycles. The zero-order valence-electron chi connectivity index (χ0n) is 14.7. The van der Waals surface area contributed by atoms with Crippen LogP contribution in [0.15, 0.2) is 61.2 Å². The quantitative estimate of drug-likeness (QED) is 0.632. The summed E-state index contributed by atoms with van der Waals surface area (Å²) in [6.07, 6.45) is 6.92. The number of aromatic nitrogens is 3. The molecular weight excluding hydrogens is 345 g/mol. The maximum atomic E-state index is 13.1. The lowest BCUT2D eigenvalue weighted by molar-refractivity contribution is -0.123. The number of nitrogens with one attached hydrogen (secondary N) is 2. The van der Waals surface area contributed by atoms with E-state index in [1.54, 1.807) is 12.1 Å². The summed E-state index contributed by atoms with van der Waals surface area (Å²) in [6, 6.07) is 11.9. The van der Waals surface area contributed by atoms with Crippen molar-refractivity contribution in [3.8, 4) is 5.82 Å². The molecule has 0 radical (unpaired) electrons. The molecule has 0 unspecified atom stereocenters. The lowest BCUT2D eigenvalue weighted by atomic mass is 9.95. The van der Waals surface area contributed by atoms with Crippen LogP contribution in [0.4, 0.5) is 10.2 Å². The number of anilines is 1. The van der Waals surface area contributed by atoms with Gasteiger partial charge < -0.3 is 15.2 Å². The van der Waals surface area contributed by atoms with E-state index in [2.05, 4.69) is 20.6 Å². The van der Waals surface area contributed by atoms with Crippen LogP contribution in [0.5, 0.6) is 0 Å². The molecule has 2 N–H and O–H groups in total. The molecule has 1 aliphatic rings. The minimum atomic E-state index is -0.496. The first-order chi connectivity index (χ1) is 13.2. The highest BCUT2D eigenvalue weighted by molar-refractivity contribution is 5.91. The van der Waals surface area contributed by atoms with E-state index in [0.717, 1.165) is 24.2 Å². The molecule has 6 nitrogen and oxygen atoms in total. The molecule has 0 spiro atoms. The van der Waals surface area contributed by atoms with Crippen molar-refractivity contribution < 1.29 is 9.18 Å². The van der Waals surface area contributed by atoms with Crippen molar-refractivity contribution in [3.05, 3.63) is 72.6 Å². The Hall–Kier alpha value is -3.22. The Morgan fingerprint density at radius 2 is 1.85 bits per heavy atom. The number of amides is 1. The molecule has 3 aromatic rings. The van der Waals surface area contributed by atoms with Gasteiger partial charge in [0.1, 0.15) is 23.8 Å². The largest absolute Gasteiger partial charge is 0.368 e. The van der Waals surface area contributed by atoms with Gasteiger partial charge >= 0.3 is 0 Å². The highest BCUT2D eigenvalue weighted by Crippen LogP contribution is 2.48. The van der Waals surface area contributed by atoms with E-state index in [1.165, 1.54) is 18.5 Å². The van der Waals surface area contributed by atoms with Crippen molar-refractivity contribution in [2.24, 2.45) is 0 Å². The standard InChI is InChI=1S/C20H20FN5O/c21-16-5-3-15(4-6-16)20(7-8-20)19(27)23-10-9-22-17-13-18(25-14-24-17)26-11-1-2-12-26/h1-6,11-14H,7-10H2,(H,23,27)(H,22,24,25). The van der Waals surface area contributed by atoms with Crippen molar-refractivity contribution in [1.82, 2.24) is 19.9 Å². The van der Waals surface area contributed by atoms with Crippen molar-refractivity contribution in [2.75, 3.05) is 18.4 Å². The molecule has 138 valence electrons. The first-order valence-electron chi connectivity index (χ1n) is 8.91. The molecule has 0 saturated heterocycles. The third-order valence-corrected chi connectivity index (χ3v) is 4.82. The van der Waals surface area contributed by atoms with E-state index in [0.29, 0.717) is 18.9 Å². The first-order valence-corrected chi connectivity index (χ1v) is 8.91. The van der Waals surface area contributed by atoms with Crippen LogP contribution >= 0.6 is 0 Å². The Labute approximate surface area is 156 Å². The van der Waals surface area contributed by atoms with Crippen molar-refractivity contribution >= 4 is 11.7 Å². The second-order valence-corrected chi connectivity index (χ2v) is 6.62. The van der Waals surface area contributed by atoms with E-state index in [4.69, 9.17) is 0 Å². The zero-order chi connectivity index (χ0) is 18.7. The normalized spacial score (nSPS) is 14.6. The summed E-state index contributed by atoms with van der Waals surface area (Å²) in [5, 5.41) is 6.16. The number of hydrogen-bond donors (Lipinski definition) is 2. The lowest BCUT2D eigenvalue weighted by Gasteiger charge is -2.16. The average Bonchev–Trinajstić information content (AvgIpc) is 3.32. The fourth-order valence-electron chi connectivity index (χ4n) is 3.15. The molecule has 0 atom stereocenters. The second-order valence-electron chi connectivity index (χ2n) is 6.62. The van der Waals surface area contributed by atoms with Crippen molar-refractivity contribution in [2.45, 2.75) is 18.3 Å². The van der Waals surface area contributed by atoms with Gasteiger partial charge in [0.2, 0.25) is 5.91 Å². The molecule has 4 rings (SSSR count). The molecule has 27 heavy (non-hydrogen) atoms. The number of carbonyl (C=O) groups excluding carboxylic acids is 1. The van der Waals surface area contributed by atoms with Gasteiger partial charge in [-0.1, -0.05) is 12.1 Å². The van der Waals surface area contributed by atoms with Gasteiger partial charge in [-0.15, -0.1) is 0 Å². The molecule has 1 fully saturated rings. The molecule has 7 heteroatoms. The van der Waals surface area contributed by atoms with Crippen LogP contribution in [0, 0.1) is 5.82 Å². The fourth-order valence-corrected chi connectivity index (χ4v) is 3.15. The van der Waals surface area contributed by atoms with E-state index in [-0.39, 0.29) is 11.7 Å². The van der Waals surface area contributed by atoms with Gasteiger partial charge in [-0.3, -0.25) is 4.79 Å². The summed E-state index contributed by atoms with van der Waals surface area (Å²) in [4.78, 5) is 21.0. The van der Waals surface area contributed by atoms with Crippen LogP contribution in [0.3, 0.4) is 0 Å². The minimum Gasteiger partial charge on any atom is -0.368 e. The van der Waals surface area contributed by atoms with Crippen molar-refractivity contribution in [1.29, 1.82) is 0 Å². The Morgan fingerprint density at radius 3 is 2.56 bits per heavy atom. The molecule has 2 aromatic heterocycles. The van der Waals surface area contributed by atoms with Gasteiger partial charge in [0.25, 0.3) is 0 Å². The second kappa shape index (κ2) is 7.19. The van der Waals surface area contributed by atoms with Crippen molar-refractivity contribution in [3.63, 3.8) is 0 Å². The topological polar surface area (TPSA) is 71.8 Å². The third-order valence-electron chi connectivity index (χ3n) is 4.82. The molecular formula is C20H20FN5O. The molecule has 1 aliphatic carbocycles. The van der Waals surface area contributed by atoms with Gasteiger partial charge in [-0.05, 0) is 42.7 Å². The van der Waals surface area contributed by atoms with Gasteiger partial charge in [0, 0.05) is 31.5 Å². The molecule has 1 amide bonds. The summed E-state index contributed by atoms with van der Waals surface area (Å²) < 4.78 is 15.0. The summed E-state index contributed by atoms with van der Waals surface area (Å²) >= 11 is 0. The first kappa shape index (κ1) is 17.2. The van der Waals surface area contributed by atoms with E-state index < -0.39 is 5.41 Å². The van der Waals surface area contributed by atoms with E-state index in [1.807, 2.05) is 35.2 Å². The summed E-state index contributed by atoms with van der Waals surface area (Å²) in [5.74, 6) is 1.17. The molecule has 1 aromatic carbocycles. The highest BCUT2D eigenvalue weighted by atomic mass is 19.1. The Morgan fingerprint density at radius 1 is 1.11 bits per heavy atom. The monoisotopic (exact) mass is 365 g/mol. The van der Waals surface area contributed by atoms with Crippen LogP contribution in [0.1, 0.15) is 18.4 Å². The number of rotatable bonds is 7. The van der Waals surface area contributed by atoms with Crippen LogP contribution in [-0.4, -0.2) is 33.5 Å². The van der Waals surface area contributed by atoms with Crippen LogP contribution in [0.25, 0.3) is 5.82 Å². The number of hydrogen-bond acceptors (Lipinski definition) is 4. The van der Waals surface area contributed by atoms with Gasteiger partial charge in [-0.25, -0.2) is 14.4 Å². The highest BCUT2D eigenvalue weighted by Gasteiger charge is 2.50. The van der Waals surface area contributed by atoms with Crippen LogP contribution < -0.4 is 10.6 Å². The third kappa shape index (κ3) is 3.67. The summed E-state index contributed by atoms with van der Waals surface area (Å²) in [7, 11) is 0. The summed E-state index contributed by atoms with van der Waals surface area (Å²) in [6.45, 7) is 1.03. The van der Waals surface area contributed by atoms with E-state index >= 15 is 0 Å². The number of halogens is 1. The Kier molecular flexibility index (Phi) is 4.58. The van der Waals surface area contributed by atoms with Crippen LogP contribution in [0.2, 0.25) is 0 Å². The average molecular weight is 365 g/mol. The number of nitrogens with zero attached hydrogens (tertiary/aromatic N) is 3. The lowest BCUT2D eigenvalue weighted by Crippen LogP contribution is -2.37. The number of carbonyl (C=O) groups is 1. The van der Waals surface area contributed by atoms with E-state index in [9.17, 15) is 9.18 Å². The molecule has 2 heterocycles. The van der Waals surface area contributed by atoms with Gasteiger partial charge in [-0.2, -0.15) is 0 Å². The SMILES string of the molecule is O=C(NCCNc1cc(-n2cccc2)ncn1)C1(c2ccc(F)cc2)CC1. The van der Waals surface area contributed by atoms with Gasteiger partial charge in [0.05, 0.1) is 5.41 Å². The zero-order valence-corrected chi connectivity index (χ0v) is 14.7. The minimum absolute atomic E-state index is 0.00775. The smallest absolute Gasteiger partial charge is 0.230 e. The number of benzene rings is 1. The predicted molar refractivity (Wildman–Crippen MR) is 100 cm³/mol. The molecule has 1 saturated carbocycles. The molecule has 0 bridgehead atoms. The maximum Gasteiger partial charge on any atom is 0.230 e. The fraction of sp³-hybridized carbons (Fsp3) is 0.250.